The van der Waals surface area contributed by atoms with Crippen molar-refractivity contribution < 1.29 is 9.53 Å². The average Bonchev–Trinajstić information content (AvgIpc) is 3.51. The summed E-state index contributed by atoms with van der Waals surface area (Å²) in [4.78, 5) is 20.1. The van der Waals surface area contributed by atoms with Gasteiger partial charge in [0.2, 0.25) is 5.91 Å². The summed E-state index contributed by atoms with van der Waals surface area (Å²) < 4.78 is 7.30. The summed E-state index contributed by atoms with van der Waals surface area (Å²) in [5.41, 5.74) is 1.03. The third kappa shape index (κ3) is 3.16. The number of hydrogen-bond donors (Lipinski definition) is 0. The monoisotopic (exact) mass is 390 g/mol. The van der Waals surface area contributed by atoms with Gasteiger partial charge in [0.25, 0.3) is 0 Å². The maximum absolute atomic E-state index is 13.4. The Morgan fingerprint density at radius 1 is 1.14 bits per heavy atom. The van der Waals surface area contributed by atoms with Gasteiger partial charge in [-0.25, -0.2) is 9.67 Å². The van der Waals surface area contributed by atoms with Crippen LogP contribution in [-0.2, 0) is 11.3 Å². The first-order chi connectivity index (χ1) is 14.0. The van der Waals surface area contributed by atoms with Gasteiger partial charge in [-0.2, -0.15) is 5.10 Å². The number of nitrogens with zero attached hydrogens (tertiary/aromatic N) is 4. The molecule has 6 nitrogen and oxygen atoms in total. The Morgan fingerprint density at radius 2 is 1.90 bits per heavy atom. The number of carbonyl (C=O) groups is 1. The second-order valence-corrected chi connectivity index (χ2v) is 8.23. The number of carbonyl (C=O) groups excluding carboxylic acids is 1. The van der Waals surface area contributed by atoms with E-state index < -0.39 is 0 Å². The fourth-order valence-corrected chi connectivity index (χ4v) is 4.23. The molecule has 0 unspecified atom stereocenters. The smallest absolute Gasteiger partial charge is 0.230 e. The molecule has 1 amide bonds. The molecule has 0 bridgehead atoms. The minimum absolute atomic E-state index is 0.0524. The Morgan fingerprint density at radius 3 is 2.66 bits per heavy atom. The van der Waals surface area contributed by atoms with E-state index in [2.05, 4.69) is 24.2 Å². The van der Waals surface area contributed by atoms with E-state index in [-0.39, 0.29) is 17.9 Å². The van der Waals surface area contributed by atoms with Crippen LogP contribution in [0, 0.1) is 0 Å². The number of rotatable bonds is 4. The van der Waals surface area contributed by atoms with Gasteiger partial charge < -0.3 is 9.64 Å². The number of hydrogen-bond acceptors (Lipinski definition) is 4. The molecule has 2 atom stereocenters. The summed E-state index contributed by atoms with van der Waals surface area (Å²) in [7, 11) is 1.67. The fourth-order valence-electron chi connectivity index (χ4n) is 4.23. The molecule has 6 heteroatoms. The molecule has 29 heavy (non-hydrogen) atoms. The Bertz CT molecular complexity index is 1090. The van der Waals surface area contributed by atoms with Crippen molar-refractivity contribution in [1.82, 2.24) is 19.7 Å². The minimum atomic E-state index is -0.207. The molecule has 1 saturated carbocycles. The zero-order valence-corrected chi connectivity index (χ0v) is 17.1. The SMILES string of the molecule is COc1ccc2cc([C@H](C)C(=O)N3CCn4nc(C5CC5)nc4[C@H]3C)ccc2c1. The van der Waals surface area contributed by atoms with Gasteiger partial charge in [0.05, 0.1) is 25.6 Å². The maximum atomic E-state index is 13.4. The Labute approximate surface area is 170 Å². The summed E-state index contributed by atoms with van der Waals surface area (Å²) in [6.45, 7) is 5.45. The van der Waals surface area contributed by atoms with Gasteiger partial charge in [-0.05, 0) is 55.2 Å². The van der Waals surface area contributed by atoms with Gasteiger partial charge >= 0.3 is 0 Å². The lowest BCUT2D eigenvalue weighted by Crippen LogP contribution is -2.43. The predicted octanol–water partition coefficient (Wildman–Crippen LogP) is 4.02. The van der Waals surface area contributed by atoms with Crippen LogP contribution in [0.4, 0.5) is 0 Å². The van der Waals surface area contributed by atoms with Crippen molar-refractivity contribution >= 4 is 16.7 Å². The van der Waals surface area contributed by atoms with Crippen LogP contribution in [0.1, 0.15) is 61.8 Å². The summed E-state index contributed by atoms with van der Waals surface area (Å²) in [6.07, 6.45) is 2.37. The van der Waals surface area contributed by atoms with Crippen LogP contribution in [0.2, 0.25) is 0 Å². The summed E-state index contributed by atoms with van der Waals surface area (Å²) in [6, 6.07) is 12.2. The third-order valence-electron chi connectivity index (χ3n) is 6.28. The lowest BCUT2D eigenvalue weighted by Gasteiger charge is -2.34. The molecule has 5 rings (SSSR count). The second-order valence-electron chi connectivity index (χ2n) is 8.23. The molecule has 0 saturated heterocycles. The Hall–Kier alpha value is -2.89. The van der Waals surface area contributed by atoms with Crippen LogP contribution in [0.5, 0.6) is 5.75 Å². The topological polar surface area (TPSA) is 60.2 Å². The highest BCUT2D eigenvalue weighted by molar-refractivity contribution is 5.88. The number of benzene rings is 2. The van der Waals surface area contributed by atoms with Crippen LogP contribution < -0.4 is 4.74 Å². The molecule has 0 spiro atoms. The van der Waals surface area contributed by atoms with Crippen LogP contribution in [0.15, 0.2) is 36.4 Å². The second kappa shape index (κ2) is 6.87. The zero-order valence-electron chi connectivity index (χ0n) is 17.1. The fraction of sp³-hybridized carbons (Fsp3) is 0.435. The van der Waals surface area contributed by atoms with Crippen LogP contribution in [0.25, 0.3) is 10.8 Å². The molecule has 1 aromatic heterocycles. The number of amides is 1. The van der Waals surface area contributed by atoms with Crippen LogP contribution >= 0.6 is 0 Å². The molecule has 0 radical (unpaired) electrons. The van der Waals surface area contributed by atoms with Crippen LogP contribution in [-0.4, -0.2) is 39.2 Å². The molecule has 1 aliphatic heterocycles. The first kappa shape index (κ1) is 18.2. The predicted molar refractivity (Wildman–Crippen MR) is 111 cm³/mol. The van der Waals surface area contributed by atoms with Crippen molar-refractivity contribution in [3.05, 3.63) is 53.6 Å². The molecule has 2 heterocycles. The molecule has 0 N–H and O–H groups in total. The lowest BCUT2D eigenvalue weighted by atomic mass is 9.95. The van der Waals surface area contributed by atoms with E-state index in [1.807, 2.05) is 40.8 Å². The number of methoxy groups -OCH3 is 1. The van der Waals surface area contributed by atoms with Gasteiger partial charge in [-0.3, -0.25) is 4.79 Å². The summed E-state index contributed by atoms with van der Waals surface area (Å²) in [5, 5.41) is 6.89. The normalized spacial score (nSPS) is 19.8. The van der Waals surface area contributed by atoms with E-state index in [1.165, 1.54) is 12.8 Å². The number of ether oxygens (including phenoxy) is 1. The number of aromatic nitrogens is 3. The van der Waals surface area contributed by atoms with E-state index in [1.54, 1.807) is 7.11 Å². The third-order valence-corrected chi connectivity index (χ3v) is 6.28. The average molecular weight is 390 g/mol. The molecular formula is C23H26N4O2. The van der Waals surface area contributed by atoms with Crippen molar-refractivity contribution in [2.45, 2.75) is 51.1 Å². The van der Waals surface area contributed by atoms with Gasteiger partial charge in [-0.15, -0.1) is 0 Å². The van der Waals surface area contributed by atoms with Crippen molar-refractivity contribution in [3.63, 3.8) is 0 Å². The first-order valence-corrected chi connectivity index (χ1v) is 10.4. The molecular weight excluding hydrogens is 364 g/mol. The van der Waals surface area contributed by atoms with Crippen LogP contribution in [0.3, 0.4) is 0 Å². The highest BCUT2D eigenvalue weighted by atomic mass is 16.5. The lowest BCUT2D eigenvalue weighted by molar-refractivity contribution is -0.135. The highest BCUT2D eigenvalue weighted by Gasteiger charge is 2.36. The Balaban J connectivity index is 1.38. The van der Waals surface area contributed by atoms with Gasteiger partial charge in [-0.1, -0.05) is 24.3 Å². The van der Waals surface area contributed by atoms with Crippen molar-refractivity contribution in [2.24, 2.45) is 0 Å². The van der Waals surface area contributed by atoms with E-state index in [0.29, 0.717) is 12.5 Å². The van der Waals surface area contributed by atoms with E-state index in [9.17, 15) is 4.79 Å². The summed E-state index contributed by atoms with van der Waals surface area (Å²) >= 11 is 0. The van der Waals surface area contributed by atoms with Gasteiger partial charge in [0.1, 0.15) is 11.6 Å². The Kier molecular flexibility index (Phi) is 4.30. The molecule has 3 aromatic rings. The molecule has 2 aliphatic rings. The largest absolute Gasteiger partial charge is 0.497 e. The molecule has 1 aliphatic carbocycles. The maximum Gasteiger partial charge on any atom is 0.230 e. The van der Waals surface area contributed by atoms with E-state index in [0.717, 1.165) is 40.3 Å². The van der Waals surface area contributed by atoms with E-state index in [4.69, 9.17) is 9.72 Å². The van der Waals surface area contributed by atoms with E-state index >= 15 is 0 Å². The molecule has 150 valence electrons. The number of fused-ring (bicyclic) bond motifs is 2. The van der Waals surface area contributed by atoms with Crippen molar-refractivity contribution in [3.8, 4) is 5.75 Å². The quantitative estimate of drug-likeness (QED) is 0.675. The first-order valence-electron chi connectivity index (χ1n) is 10.4. The highest BCUT2D eigenvalue weighted by Crippen LogP contribution is 2.39. The van der Waals surface area contributed by atoms with Crippen molar-refractivity contribution in [1.29, 1.82) is 0 Å². The molecule has 1 fully saturated rings. The van der Waals surface area contributed by atoms with Crippen molar-refractivity contribution in [2.75, 3.05) is 13.7 Å². The van der Waals surface area contributed by atoms with Gasteiger partial charge in [0.15, 0.2) is 5.82 Å². The molecule has 2 aromatic carbocycles. The zero-order chi connectivity index (χ0) is 20.1. The minimum Gasteiger partial charge on any atom is -0.497 e. The van der Waals surface area contributed by atoms with Gasteiger partial charge in [0, 0.05) is 12.5 Å². The standard InChI is InChI=1S/C23H26N4O2/c1-14(17-6-7-19-13-20(29-3)9-8-18(19)12-17)23(28)26-10-11-27-22(15(26)2)24-21(25-27)16-4-5-16/h6-9,12-16H,4-5,10-11H2,1-3H3/t14-,15+/m0/s1. The summed E-state index contributed by atoms with van der Waals surface area (Å²) in [5.74, 6) is 3.18.